The van der Waals surface area contributed by atoms with E-state index < -0.39 is 0 Å². The highest BCUT2D eigenvalue weighted by Gasteiger charge is 2.10. The van der Waals surface area contributed by atoms with E-state index in [0.29, 0.717) is 16.5 Å². The van der Waals surface area contributed by atoms with Crippen LogP contribution in [0.4, 0.5) is 0 Å². The van der Waals surface area contributed by atoms with Crippen molar-refractivity contribution >= 4 is 0 Å². The molecule has 0 saturated carbocycles. The van der Waals surface area contributed by atoms with Crippen molar-refractivity contribution in [3.05, 3.63) is 34.9 Å². The lowest BCUT2D eigenvalue weighted by atomic mass is 9.88. The highest BCUT2D eigenvalue weighted by atomic mass is 14.3. The maximum atomic E-state index is 8.90. The smallest absolute Gasteiger partial charge is 0.101 e. The van der Waals surface area contributed by atoms with Gasteiger partial charge >= 0.3 is 0 Å². The maximum Gasteiger partial charge on any atom is 0.101 e. The van der Waals surface area contributed by atoms with E-state index in [1.807, 2.05) is 18.2 Å². The number of rotatable bonds is 2. The summed E-state index contributed by atoms with van der Waals surface area (Å²) in [6, 6.07) is 9.58. The van der Waals surface area contributed by atoms with Crippen LogP contribution in [0.3, 0.4) is 0 Å². The lowest BCUT2D eigenvalue weighted by Gasteiger charge is -2.17. The number of hydrogen-bond acceptors (Lipinski definition) is 2. The molecule has 1 aromatic carbocycles. The van der Waals surface area contributed by atoms with Crippen molar-refractivity contribution in [1.29, 1.82) is 10.5 Å². The molecule has 1 rings (SSSR count). The zero-order chi connectivity index (χ0) is 12.2. The maximum absolute atomic E-state index is 8.90. The quantitative estimate of drug-likeness (QED) is 0.754. The number of nitrogens with zero attached hydrogens (tertiary/aromatic N) is 2. The lowest BCUT2D eigenvalue weighted by molar-refractivity contribution is 0.378. The van der Waals surface area contributed by atoms with Crippen molar-refractivity contribution < 1.29 is 0 Å². The van der Waals surface area contributed by atoms with Crippen molar-refractivity contribution in [3.8, 4) is 12.1 Å². The summed E-state index contributed by atoms with van der Waals surface area (Å²) in [6.45, 7) is 6.59. The molecule has 0 aromatic heterocycles. The van der Waals surface area contributed by atoms with E-state index in [4.69, 9.17) is 10.5 Å². The molecule has 1 aromatic rings. The monoisotopic (exact) mass is 212 g/mol. The minimum Gasteiger partial charge on any atom is -0.192 e. The first kappa shape index (κ1) is 12.3. The fourth-order valence-corrected chi connectivity index (χ4v) is 1.46. The van der Waals surface area contributed by atoms with Gasteiger partial charge in [-0.05, 0) is 36.0 Å². The minimum atomic E-state index is 0.292. The molecule has 0 atom stereocenters. The Balaban J connectivity index is 2.86. The summed E-state index contributed by atoms with van der Waals surface area (Å²) in [5.41, 5.74) is 2.36. The molecule has 16 heavy (non-hydrogen) atoms. The van der Waals surface area contributed by atoms with Gasteiger partial charge in [-0.2, -0.15) is 10.5 Å². The Kier molecular flexibility index (Phi) is 3.69. The Hall–Kier alpha value is -1.80. The fourth-order valence-electron chi connectivity index (χ4n) is 1.46. The van der Waals surface area contributed by atoms with Crippen LogP contribution in [0.15, 0.2) is 18.2 Å². The highest BCUT2D eigenvalue weighted by molar-refractivity contribution is 5.47. The fraction of sp³-hybridized carbons (Fsp3) is 0.429. The van der Waals surface area contributed by atoms with Crippen LogP contribution in [-0.4, -0.2) is 0 Å². The van der Waals surface area contributed by atoms with Crippen molar-refractivity contribution in [2.75, 3.05) is 0 Å². The van der Waals surface area contributed by atoms with Gasteiger partial charge in [0.1, 0.15) is 12.1 Å². The van der Waals surface area contributed by atoms with Crippen LogP contribution in [0.5, 0.6) is 0 Å². The largest absolute Gasteiger partial charge is 0.192 e. The van der Waals surface area contributed by atoms with Gasteiger partial charge in [-0.1, -0.05) is 26.8 Å². The molecule has 0 fully saturated rings. The molecule has 0 aliphatic rings. The highest BCUT2D eigenvalue weighted by Crippen LogP contribution is 2.22. The third-order valence-electron chi connectivity index (χ3n) is 2.49. The number of hydrogen-bond donors (Lipinski definition) is 0. The van der Waals surface area contributed by atoms with Crippen molar-refractivity contribution in [1.82, 2.24) is 0 Å². The average Bonchev–Trinajstić information content (AvgIpc) is 2.25. The molecule has 0 N–H and O–H groups in total. The molecule has 2 nitrogen and oxygen atoms in total. The van der Waals surface area contributed by atoms with Gasteiger partial charge in [0.2, 0.25) is 0 Å². The predicted octanol–water partition coefficient (Wildman–Crippen LogP) is 3.41. The Bertz CT molecular complexity index is 453. The van der Waals surface area contributed by atoms with E-state index in [1.54, 1.807) is 6.07 Å². The van der Waals surface area contributed by atoms with E-state index in [-0.39, 0.29) is 0 Å². The zero-order valence-corrected chi connectivity index (χ0v) is 10.0. The topological polar surface area (TPSA) is 47.6 Å². The molecular weight excluding hydrogens is 196 g/mol. The molecule has 0 spiro atoms. The van der Waals surface area contributed by atoms with Crippen LogP contribution in [0, 0.1) is 28.1 Å². The Morgan fingerprint density at radius 3 is 2.19 bits per heavy atom. The summed E-state index contributed by atoms with van der Waals surface area (Å²) >= 11 is 0. The van der Waals surface area contributed by atoms with Gasteiger partial charge in [-0.25, -0.2) is 0 Å². The summed E-state index contributed by atoms with van der Waals surface area (Å²) in [5.74, 6) is 0. The van der Waals surface area contributed by atoms with Crippen LogP contribution in [0.25, 0.3) is 0 Å². The lowest BCUT2D eigenvalue weighted by Crippen LogP contribution is -2.06. The molecule has 0 bridgehead atoms. The van der Waals surface area contributed by atoms with E-state index in [9.17, 15) is 0 Å². The molecule has 0 unspecified atom stereocenters. The second-order valence-electron chi connectivity index (χ2n) is 5.16. The molecule has 0 heterocycles. The third kappa shape index (κ3) is 3.41. The second kappa shape index (κ2) is 4.81. The summed E-state index contributed by atoms with van der Waals surface area (Å²) in [7, 11) is 0. The van der Waals surface area contributed by atoms with E-state index in [1.165, 1.54) is 0 Å². The van der Waals surface area contributed by atoms with Gasteiger partial charge in [0, 0.05) is 0 Å². The third-order valence-corrected chi connectivity index (χ3v) is 2.49. The summed E-state index contributed by atoms with van der Waals surface area (Å²) in [5, 5.41) is 17.7. The van der Waals surface area contributed by atoms with Crippen LogP contribution in [-0.2, 0) is 6.42 Å². The number of benzene rings is 1. The predicted molar refractivity (Wildman–Crippen MR) is 63.6 cm³/mol. The van der Waals surface area contributed by atoms with Gasteiger partial charge in [0.15, 0.2) is 0 Å². The van der Waals surface area contributed by atoms with Gasteiger partial charge in [0.25, 0.3) is 0 Å². The van der Waals surface area contributed by atoms with E-state index in [2.05, 4.69) is 26.8 Å². The first-order valence-corrected chi connectivity index (χ1v) is 5.39. The normalized spacial score (nSPS) is 10.6. The van der Waals surface area contributed by atoms with Crippen LogP contribution in [0.2, 0.25) is 0 Å². The Labute approximate surface area is 97.1 Å². The summed E-state index contributed by atoms with van der Waals surface area (Å²) in [6.07, 6.45) is 2.02. The Morgan fingerprint density at radius 1 is 1.06 bits per heavy atom. The van der Waals surface area contributed by atoms with E-state index >= 15 is 0 Å². The van der Waals surface area contributed by atoms with Gasteiger partial charge in [-0.15, -0.1) is 0 Å². The molecule has 0 amide bonds. The van der Waals surface area contributed by atoms with E-state index in [0.717, 1.165) is 18.4 Å². The van der Waals surface area contributed by atoms with Crippen LogP contribution < -0.4 is 0 Å². The molecule has 0 saturated heterocycles. The molecular formula is C14H16N2. The first-order chi connectivity index (χ1) is 7.46. The molecule has 0 aliphatic carbocycles. The van der Waals surface area contributed by atoms with Gasteiger partial charge in [-0.3, -0.25) is 0 Å². The zero-order valence-electron chi connectivity index (χ0n) is 10.0. The number of aryl methyl sites for hydroxylation is 1. The first-order valence-electron chi connectivity index (χ1n) is 5.39. The van der Waals surface area contributed by atoms with Crippen molar-refractivity contribution in [3.63, 3.8) is 0 Å². The second-order valence-corrected chi connectivity index (χ2v) is 5.16. The molecule has 2 heteroatoms. The molecule has 0 radical (unpaired) electrons. The van der Waals surface area contributed by atoms with Gasteiger partial charge in [0.05, 0.1) is 11.1 Å². The summed E-state index contributed by atoms with van der Waals surface area (Å²) < 4.78 is 0. The van der Waals surface area contributed by atoms with Gasteiger partial charge < -0.3 is 0 Å². The SMILES string of the molecule is CC(C)(C)CCc1ccc(C#N)c(C#N)c1. The Morgan fingerprint density at radius 2 is 1.69 bits per heavy atom. The molecule has 82 valence electrons. The number of nitriles is 2. The average molecular weight is 212 g/mol. The van der Waals surface area contributed by atoms with Crippen LogP contribution >= 0.6 is 0 Å². The molecule has 0 aliphatic heterocycles. The standard InChI is InChI=1S/C14H16N2/c1-14(2,3)7-6-11-4-5-12(9-15)13(8-11)10-16/h4-5,8H,6-7H2,1-3H3. The van der Waals surface area contributed by atoms with Crippen molar-refractivity contribution in [2.24, 2.45) is 5.41 Å². The van der Waals surface area contributed by atoms with Crippen LogP contribution in [0.1, 0.15) is 43.9 Å². The minimum absolute atomic E-state index is 0.292. The van der Waals surface area contributed by atoms with Crippen molar-refractivity contribution in [2.45, 2.75) is 33.6 Å². The summed E-state index contributed by atoms with van der Waals surface area (Å²) in [4.78, 5) is 0.